The lowest BCUT2D eigenvalue weighted by atomic mass is 10.0. The zero-order valence-electron chi connectivity index (χ0n) is 16.5. The predicted octanol–water partition coefficient (Wildman–Crippen LogP) is 2.27. The van der Waals surface area contributed by atoms with Crippen LogP contribution in [-0.2, 0) is 14.3 Å². The maximum absolute atomic E-state index is 13.2. The number of hydrogen-bond donors (Lipinski definition) is 1. The van der Waals surface area contributed by atoms with Gasteiger partial charge in [0.25, 0.3) is 11.8 Å². The van der Waals surface area contributed by atoms with Gasteiger partial charge in [-0.1, -0.05) is 0 Å². The molecule has 3 fully saturated rings. The molecule has 7 heteroatoms. The van der Waals surface area contributed by atoms with Crippen LogP contribution in [0.3, 0.4) is 0 Å². The van der Waals surface area contributed by atoms with Crippen molar-refractivity contribution in [2.75, 3.05) is 56.2 Å². The van der Waals surface area contributed by atoms with Crippen LogP contribution in [0.25, 0.3) is 0 Å². The van der Waals surface area contributed by atoms with E-state index in [-0.39, 0.29) is 11.8 Å². The molecular formula is C21H29N3O4. The average Bonchev–Trinajstić information content (AvgIpc) is 3.41. The molecule has 0 aliphatic carbocycles. The van der Waals surface area contributed by atoms with E-state index in [0.29, 0.717) is 37.5 Å². The third kappa shape index (κ3) is 3.86. The predicted molar refractivity (Wildman–Crippen MR) is 107 cm³/mol. The Balaban J connectivity index is 1.60. The quantitative estimate of drug-likeness (QED) is 0.858. The van der Waals surface area contributed by atoms with E-state index in [9.17, 15) is 9.59 Å². The van der Waals surface area contributed by atoms with Gasteiger partial charge < -0.3 is 24.6 Å². The monoisotopic (exact) mass is 387 g/mol. The molecule has 1 N–H and O–H groups in total. The first kappa shape index (κ1) is 19.2. The van der Waals surface area contributed by atoms with Gasteiger partial charge in [0.2, 0.25) is 0 Å². The van der Waals surface area contributed by atoms with Crippen molar-refractivity contribution in [2.24, 2.45) is 0 Å². The summed E-state index contributed by atoms with van der Waals surface area (Å²) < 4.78 is 11.1. The van der Waals surface area contributed by atoms with Gasteiger partial charge in [0, 0.05) is 44.2 Å². The number of morpholine rings is 1. The summed E-state index contributed by atoms with van der Waals surface area (Å²) in [6.07, 6.45) is 3.69. The average molecular weight is 387 g/mol. The standard InChI is InChI=1S/C21H29N3O4/c1-21(7-4-12-28-21)20(26)22-16-5-6-18(23-10-13-27-14-11-23)17(15-16)19(25)24-8-2-3-9-24/h5-6,15H,2-4,7-14H2,1H3,(H,22,26)/t21-/m1/s1. The first-order valence-corrected chi connectivity index (χ1v) is 10.3. The van der Waals surface area contributed by atoms with Gasteiger partial charge in [0.05, 0.1) is 18.8 Å². The summed E-state index contributed by atoms with van der Waals surface area (Å²) in [6, 6.07) is 5.64. The number of carbonyl (C=O) groups excluding carboxylic acids is 2. The summed E-state index contributed by atoms with van der Waals surface area (Å²) in [6.45, 7) is 6.87. The summed E-state index contributed by atoms with van der Waals surface area (Å²) >= 11 is 0. The molecule has 152 valence electrons. The number of rotatable bonds is 4. The lowest BCUT2D eigenvalue weighted by Crippen LogP contribution is -2.40. The molecule has 3 saturated heterocycles. The van der Waals surface area contributed by atoms with E-state index in [2.05, 4.69) is 10.2 Å². The molecule has 0 spiro atoms. The molecule has 1 aromatic carbocycles. The van der Waals surface area contributed by atoms with E-state index in [1.54, 1.807) is 0 Å². The highest BCUT2D eigenvalue weighted by Crippen LogP contribution is 2.30. The van der Waals surface area contributed by atoms with Crippen molar-refractivity contribution in [3.05, 3.63) is 23.8 Å². The fourth-order valence-electron chi connectivity index (χ4n) is 4.18. The van der Waals surface area contributed by atoms with Gasteiger partial charge in [-0.3, -0.25) is 9.59 Å². The maximum Gasteiger partial charge on any atom is 0.256 e. The number of amides is 2. The minimum absolute atomic E-state index is 0.0402. The van der Waals surface area contributed by atoms with E-state index in [1.807, 2.05) is 30.0 Å². The zero-order chi connectivity index (χ0) is 19.6. The van der Waals surface area contributed by atoms with Crippen molar-refractivity contribution in [1.82, 2.24) is 4.90 Å². The largest absolute Gasteiger partial charge is 0.378 e. The summed E-state index contributed by atoms with van der Waals surface area (Å²) in [5.74, 6) is -0.109. The van der Waals surface area contributed by atoms with E-state index >= 15 is 0 Å². The second-order valence-corrected chi connectivity index (χ2v) is 7.97. The number of benzene rings is 1. The molecule has 3 heterocycles. The minimum Gasteiger partial charge on any atom is -0.378 e. The summed E-state index contributed by atoms with van der Waals surface area (Å²) in [4.78, 5) is 30.0. The van der Waals surface area contributed by atoms with Gasteiger partial charge >= 0.3 is 0 Å². The lowest BCUT2D eigenvalue weighted by Gasteiger charge is -2.31. The van der Waals surface area contributed by atoms with Gasteiger partial charge in [-0.05, 0) is 50.8 Å². The molecule has 4 rings (SSSR count). The van der Waals surface area contributed by atoms with Gasteiger partial charge in [-0.15, -0.1) is 0 Å². The van der Waals surface area contributed by atoms with Crippen molar-refractivity contribution in [1.29, 1.82) is 0 Å². The number of hydrogen-bond acceptors (Lipinski definition) is 5. The molecule has 0 aromatic heterocycles. The Bertz CT molecular complexity index is 733. The Morgan fingerprint density at radius 2 is 1.79 bits per heavy atom. The van der Waals surface area contributed by atoms with E-state index in [4.69, 9.17) is 9.47 Å². The van der Waals surface area contributed by atoms with Crippen molar-refractivity contribution in [3.8, 4) is 0 Å². The molecule has 0 radical (unpaired) electrons. The first-order chi connectivity index (χ1) is 13.6. The molecule has 28 heavy (non-hydrogen) atoms. The Labute approximate surface area is 166 Å². The topological polar surface area (TPSA) is 71.1 Å². The van der Waals surface area contributed by atoms with Crippen LogP contribution in [0.4, 0.5) is 11.4 Å². The second kappa shape index (κ2) is 8.09. The summed E-state index contributed by atoms with van der Waals surface area (Å²) in [5.41, 5.74) is 1.42. The van der Waals surface area contributed by atoms with Gasteiger partial charge in [0.15, 0.2) is 0 Å². The van der Waals surface area contributed by atoms with Crippen molar-refractivity contribution in [2.45, 2.75) is 38.2 Å². The van der Waals surface area contributed by atoms with Gasteiger partial charge in [-0.2, -0.15) is 0 Å². The molecule has 2 amide bonds. The molecular weight excluding hydrogens is 358 g/mol. The molecule has 3 aliphatic heterocycles. The molecule has 0 unspecified atom stereocenters. The third-order valence-electron chi connectivity index (χ3n) is 5.93. The summed E-state index contributed by atoms with van der Waals surface area (Å²) in [5, 5.41) is 2.96. The second-order valence-electron chi connectivity index (χ2n) is 7.97. The lowest BCUT2D eigenvalue weighted by molar-refractivity contribution is -0.133. The van der Waals surface area contributed by atoms with Crippen molar-refractivity contribution in [3.63, 3.8) is 0 Å². The Morgan fingerprint density at radius 1 is 1.04 bits per heavy atom. The molecule has 0 saturated carbocycles. The zero-order valence-corrected chi connectivity index (χ0v) is 16.5. The Morgan fingerprint density at radius 3 is 2.46 bits per heavy atom. The van der Waals surface area contributed by atoms with Gasteiger partial charge in [-0.25, -0.2) is 0 Å². The highest BCUT2D eigenvalue weighted by molar-refractivity contribution is 6.03. The third-order valence-corrected chi connectivity index (χ3v) is 5.93. The number of anilines is 2. The molecule has 7 nitrogen and oxygen atoms in total. The van der Waals surface area contributed by atoms with Crippen LogP contribution < -0.4 is 10.2 Å². The number of carbonyl (C=O) groups is 2. The smallest absolute Gasteiger partial charge is 0.256 e. The maximum atomic E-state index is 13.2. The van der Waals surface area contributed by atoms with E-state index in [1.165, 1.54) is 0 Å². The number of ether oxygens (including phenoxy) is 2. The molecule has 1 aromatic rings. The van der Waals surface area contributed by atoms with Crippen LogP contribution in [0.2, 0.25) is 0 Å². The molecule has 0 bridgehead atoms. The number of likely N-dealkylation sites (tertiary alicyclic amines) is 1. The normalized spacial score (nSPS) is 25.2. The van der Waals surface area contributed by atoms with E-state index < -0.39 is 5.60 Å². The highest BCUT2D eigenvalue weighted by atomic mass is 16.5. The van der Waals surface area contributed by atoms with Crippen LogP contribution in [0.1, 0.15) is 43.0 Å². The number of nitrogens with zero attached hydrogens (tertiary/aromatic N) is 2. The van der Waals surface area contributed by atoms with E-state index in [0.717, 1.165) is 51.1 Å². The van der Waals surface area contributed by atoms with Gasteiger partial charge in [0.1, 0.15) is 5.60 Å². The number of nitrogens with one attached hydrogen (secondary N) is 1. The molecule has 3 aliphatic rings. The molecule has 1 atom stereocenters. The fourth-order valence-corrected chi connectivity index (χ4v) is 4.18. The van der Waals surface area contributed by atoms with Crippen LogP contribution in [0.15, 0.2) is 18.2 Å². The highest BCUT2D eigenvalue weighted by Gasteiger charge is 2.38. The minimum atomic E-state index is -0.790. The Kier molecular flexibility index (Phi) is 5.55. The van der Waals surface area contributed by atoms with Crippen LogP contribution in [0, 0.1) is 0 Å². The van der Waals surface area contributed by atoms with Crippen molar-refractivity contribution < 1.29 is 19.1 Å². The van der Waals surface area contributed by atoms with Crippen LogP contribution in [-0.4, -0.2) is 68.3 Å². The summed E-state index contributed by atoms with van der Waals surface area (Å²) in [7, 11) is 0. The fraction of sp³-hybridized carbons (Fsp3) is 0.619. The SMILES string of the molecule is C[C@]1(C(=O)Nc2ccc(N3CCOCC3)c(C(=O)N3CCCC3)c2)CCCO1. The Hall–Kier alpha value is -2.12. The van der Waals surface area contributed by atoms with Crippen molar-refractivity contribution >= 4 is 23.2 Å². The first-order valence-electron chi connectivity index (χ1n) is 10.3. The van der Waals surface area contributed by atoms with Crippen LogP contribution >= 0.6 is 0 Å². The van der Waals surface area contributed by atoms with Crippen LogP contribution in [0.5, 0.6) is 0 Å².